The highest BCUT2D eigenvalue weighted by atomic mass is 16.7. The predicted octanol–water partition coefficient (Wildman–Crippen LogP) is -0.753. The van der Waals surface area contributed by atoms with Gasteiger partial charge in [-0.05, 0) is 19.3 Å². The van der Waals surface area contributed by atoms with Crippen LogP contribution in [-0.4, -0.2) is 101 Å². The Morgan fingerprint density at radius 1 is 1.14 bits per heavy atom. The summed E-state index contributed by atoms with van der Waals surface area (Å²) in [6, 6.07) is -0.160. The molecule has 7 atom stereocenters. The number of aliphatic hydroxyl groups excluding tert-OH is 4. The van der Waals surface area contributed by atoms with E-state index >= 15 is 0 Å². The van der Waals surface area contributed by atoms with Crippen molar-refractivity contribution in [3.8, 4) is 0 Å². The molecule has 0 saturated carbocycles. The van der Waals surface area contributed by atoms with E-state index in [1.807, 2.05) is 0 Å². The normalized spacial score (nSPS) is 36.1. The molecule has 28 heavy (non-hydrogen) atoms. The number of aliphatic hydroxyl groups is 4. The largest absolute Gasteiger partial charge is 0.394 e. The molecule has 0 aromatic heterocycles. The number of hydrogen-bond donors (Lipinski definition) is 4. The molecule has 0 aliphatic carbocycles. The van der Waals surface area contributed by atoms with E-state index in [1.54, 1.807) is 18.9 Å². The van der Waals surface area contributed by atoms with Gasteiger partial charge in [-0.1, -0.05) is 13.3 Å². The van der Waals surface area contributed by atoms with Crippen LogP contribution >= 0.6 is 0 Å². The van der Waals surface area contributed by atoms with Crippen molar-refractivity contribution in [2.24, 2.45) is 5.92 Å². The SMILES string of the molecule is CO[C@@H]1C[C@@H](CO)N(C(=O)CCCCCOC2OC(CO)[C@H](O)[C@H](O)[C@@H]2C)C1. The number of amides is 1. The summed E-state index contributed by atoms with van der Waals surface area (Å²) in [5.74, 6) is -0.370. The minimum Gasteiger partial charge on any atom is -0.394 e. The molecular formula is C19H35NO8. The first kappa shape index (κ1) is 23.5. The predicted molar refractivity (Wildman–Crippen MR) is 99.3 cm³/mol. The maximum atomic E-state index is 12.4. The van der Waals surface area contributed by atoms with Gasteiger partial charge in [0.1, 0.15) is 12.2 Å². The summed E-state index contributed by atoms with van der Waals surface area (Å²) >= 11 is 0. The molecule has 0 bridgehead atoms. The van der Waals surface area contributed by atoms with Gasteiger partial charge in [-0.3, -0.25) is 4.79 Å². The zero-order valence-electron chi connectivity index (χ0n) is 16.8. The van der Waals surface area contributed by atoms with Gasteiger partial charge in [0, 0.05) is 32.6 Å². The number of rotatable bonds is 10. The number of carbonyl (C=O) groups is 1. The molecule has 1 amide bonds. The highest BCUT2D eigenvalue weighted by Crippen LogP contribution is 2.27. The van der Waals surface area contributed by atoms with E-state index in [0.29, 0.717) is 26.0 Å². The summed E-state index contributed by atoms with van der Waals surface area (Å²) in [6.45, 7) is 2.22. The Balaban J connectivity index is 1.63. The van der Waals surface area contributed by atoms with Crippen molar-refractivity contribution in [3.05, 3.63) is 0 Å². The summed E-state index contributed by atoms with van der Waals surface area (Å²) < 4.78 is 16.5. The Labute approximate surface area is 166 Å². The first-order valence-corrected chi connectivity index (χ1v) is 10.1. The molecule has 4 N–H and O–H groups in total. The molecule has 0 aromatic rings. The monoisotopic (exact) mass is 405 g/mol. The van der Waals surface area contributed by atoms with Crippen molar-refractivity contribution >= 4 is 5.91 Å². The fourth-order valence-electron chi connectivity index (χ4n) is 3.83. The first-order valence-electron chi connectivity index (χ1n) is 10.1. The van der Waals surface area contributed by atoms with Crippen LogP contribution in [0.4, 0.5) is 0 Å². The molecule has 2 heterocycles. The van der Waals surface area contributed by atoms with Gasteiger partial charge in [-0.25, -0.2) is 0 Å². The quantitative estimate of drug-likeness (QED) is 0.349. The van der Waals surface area contributed by atoms with Gasteiger partial charge < -0.3 is 39.5 Å². The van der Waals surface area contributed by atoms with Crippen LogP contribution in [0.5, 0.6) is 0 Å². The average Bonchev–Trinajstić information content (AvgIpc) is 3.13. The summed E-state index contributed by atoms with van der Waals surface area (Å²) in [4.78, 5) is 14.1. The molecule has 9 heteroatoms. The van der Waals surface area contributed by atoms with Crippen molar-refractivity contribution in [2.75, 3.05) is 33.5 Å². The number of carbonyl (C=O) groups excluding carboxylic acids is 1. The zero-order chi connectivity index (χ0) is 20.7. The third-order valence-corrected chi connectivity index (χ3v) is 5.75. The molecule has 2 aliphatic rings. The molecule has 2 saturated heterocycles. The molecule has 2 fully saturated rings. The maximum absolute atomic E-state index is 12.4. The zero-order valence-corrected chi connectivity index (χ0v) is 16.8. The molecule has 0 aromatic carbocycles. The third kappa shape index (κ3) is 5.85. The lowest BCUT2D eigenvalue weighted by atomic mass is 9.92. The van der Waals surface area contributed by atoms with Crippen molar-refractivity contribution < 1.29 is 39.4 Å². The second-order valence-electron chi connectivity index (χ2n) is 7.72. The van der Waals surface area contributed by atoms with E-state index in [0.717, 1.165) is 19.3 Å². The van der Waals surface area contributed by atoms with Gasteiger partial charge >= 0.3 is 0 Å². The van der Waals surface area contributed by atoms with Crippen molar-refractivity contribution in [3.63, 3.8) is 0 Å². The molecule has 0 spiro atoms. The maximum Gasteiger partial charge on any atom is 0.222 e. The number of hydrogen-bond acceptors (Lipinski definition) is 8. The Kier molecular flexibility index (Phi) is 9.55. The number of unbranched alkanes of at least 4 members (excludes halogenated alkanes) is 2. The van der Waals surface area contributed by atoms with Crippen LogP contribution in [0.3, 0.4) is 0 Å². The highest BCUT2D eigenvalue weighted by Gasteiger charge is 2.42. The topological polar surface area (TPSA) is 129 Å². The van der Waals surface area contributed by atoms with Gasteiger partial charge in [0.15, 0.2) is 6.29 Å². The van der Waals surface area contributed by atoms with Gasteiger partial charge in [0.05, 0.1) is 31.5 Å². The van der Waals surface area contributed by atoms with Crippen molar-refractivity contribution in [2.45, 2.75) is 75.8 Å². The minimum atomic E-state index is -1.13. The van der Waals surface area contributed by atoms with E-state index in [1.165, 1.54) is 0 Å². The Bertz CT molecular complexity index is 477. The van der Waals surface area contributed by atoms with Crippen LogP contribution in [-0.2, 0) is 19.0 Å². The average molecular weight is 405 g/mol. The van der Waals surface area contributed by atoms with Gasteiger partial charge in [0.25, 0.3) is 0 Å². The van der Waals surface area contributed by atoms with E-state index in [4.69, 9.17) is 14.2 Å². The Morgan fingerprint density at radius 2 is 1.89 bits per heavy atom. The van der Waals surface area contributed by atoms with Crippen LogP contribution in [0.1, 0.15) is 39.0 Å². The fourth-order valence-corrected chi connectivity index (χ4v) is 3.83. The van der Waals surface area contributed by atoms with Gasteiger partial charge in [-0.15, -0.1) is 0 Å². The molecule has 0 radical (unpaired) electrons. The fraction of sp³-hybridized carbons (Fsp3) is 0.947. The number of likely N-dealkylation sites (tertiary alicyclic amines) is 1. The standard InChI is InChI=1S/C19H35NO8/c1-12-17(24)18(25)15(11-22)28-19(12)27-7-5-3-4-6-16(23)20-9-14(26-2)8-13(20)10-21/h12-15,17-19,21-22,24-25H,3-11H2,1-2H3/t12-,13-,14+,15?,17+,18-,19?/m0/s1. The summed E-state index contributed by atoms with van der Waals surface area (Å²) in [7, 11) is 1.62. The smallest absolute Gasteiger partial charge is 0.222 e. The lowest BCUT2D eigenvalue weighted by Gasteiger charge is -2.40. The summed E-state index contributed by atoms with van der Waals surface area (Å²) in [5.41, 5.74) is 0. The molecule has 9 nitrogen and oxygen atoms in total. The van der Waals surface area contributed by atoms with E-state index in [9.17, 15) is 25.2 Å². The van der Waals surface area contributed by atoms with Crippen LogP contribution in [0.2, 0.25) is 0 Å². The molecule has 2 aliphatic heterocycles. The van der Waals surface area contributed by atoms with E-state index in [-0.39, 0.29) is 31.3 Å². The lowest BCUT2D eigenvalue weighted by Crippen LogP contribution is -2.55. The van der Waals surface area contributed by atoms with E-state index in [2.05, 4.69) is 0 Å². The number of methoxy groups -OCH3 is 1. The van der Waals surface area contributed by atoms with E-state index < -0.39 is 30.5 Å². The lowest BCUT2D eigenvalue weighted by molar-refractivity contribution is -0.282. The molecule has 2 rings (SSSR count). The second-order valence-corrected chi connectivity index (χ2v) is 7.72. The molecule has 2 unspecified atom stereocenters. The second kappa shape index (κ2) is 11.4. The van der Waals surface area contributed by atoms with Crippen molar-refractivity contribution in [1.82, 2.24) is 4.90 Å². The van der Waals surface area contributed by atoms with Crippen LogP contribution in [0.15, 0.2) is 0 Å². The third-order valence-electron chi connectivity index (χ3n) is 5.75. The van der Waals surface area contributed by atoms with Gasteiger partial charge in [-0.2, -0.15) is 0 Å². The molecular weight excluding hydrogens is 370 g/mol. The Hall–Kier alpha value is -0.810. The Morgan fingerprint density at radius 3 is 2.54 bits per heavy atom. The highest BCUT2D eigenvalue weighted by molar-refractivity contribution is 5.76. The van der Waals surface area contributed by atoms with Crippen LogP contribution in [0.25, 0.3) is 0 Å². The number of ether oxygens (including phenoxy) is 3. The van der Waals surface area contributed by atoms with Crippen molar-refractivity contribution in [1.29, 1.82) is 0 Å². The molecule has 164 valence electrons. The number of nitrogens with zero attached hydrogens (tertiary/aromatic N) is 1. The first-order chi connectivity index (χ1) is 13.4. The summed E-state index contributed by atoms with van der Waals surface area (Å²) in [5, 5.41) is 38.5. The van der Waals surface area contributed by atoms with Crippen LogP contribution < -0.4 is 0 Å². The summed E-state index contributed by atoms with van der Waals surface area (Å²) in [6.07, 6.45) is -0.356. The van der Waals surface area contributed by atoms with Gasteiger partial charge in [0.2, 0.25) is 5.91 Å². The minimum absolute atomic E-state index is 0.0106. The van der Waals surface area contributed by atoms with Crippen LogP contribution in [0, 0.1) is 5.92 Å².